The summed E-state index contributed by atoms with van der Waals surface area (Å²) in [5, 5.41) is 18.4. The number of carbonyl (C=O) groups excluding carboxylic acids is 2. The highest BCUT2D eigenvalue weighted by molar-refractivity contribution is 6.00. The molecule has 2 heterocycles. The molecule has 0 aromatic rings. The fourth-order valence-electron chi connectivity index (χ4n) is 5.35. The molecule has 0 spiro atoms. The van der Waals surface area contributed by atoms with Gasteiger partial charge < -0.3 is 16.0 Å². The van der Waals surface area contributed by atoms with Crippen LogP contribution in [0.25, 0.3) is 0 Å². The van der Waals surface area contributed by atoms with Crippen molar-refractivity contribution in [3.05, 3.63) is 11.1 Å². The van der Waals surface area contributed by atoms with Gasteiger partial charge in [-0.3, -0.25) is 9.59 Å². The number of piperidine rings is 1. The summed E-state index contributed by atoms with van der Waals surface area (Å²) < 4.78 is 14.1. The van der Waals surface area contributed by atoms with Crippen molar-refractivity contribution in [3.8, 4) is 6.07 Å². The molecule has 3 fully saturated rings. The van der Waals surface area contributed by atoms with Crippen LogP contribution in [0.5, 0.6) is 0 Å². The van der Waals surface area contributed by atoms with Crippen LogP contribution in [0, 0.1) is 29.1 Å². The van der Waals surface area contributed by atoms with Gasteiger partial charge in [0.25, 0.3) is 0 Å². The molecule has 2 saturated carbocycles. The Balaban J connectivity index is 1.42. The molecule has 0 aromatic heterocycles. The number of carbonyl (C=O) groups is 2. The van der Waals surface area contributed by atoms with Crippen molar-refractivity contribution in [1.82, 2.24) is 16.0 Å². The molecule has 7 heteroatoms. The Morgan fingerprint density at radius 1 is 1.28 bits per heavy atom. The summed E-state index contributed by atoms with van der Waals surface area (Å²) in [5.41, 5.74) is 1.64. The van der Waals surface area contributed by atoms with Crippen LogP contribution in [0.4, 0.5) is 4.39 Å². The van der Waals surface area contributed by atoms with Crippen LogP contribution in [0.15, 0.2) is 11.1 Å². The summed E-state index contributed by atoms with van der Waals surface area (Å²) in [5.74, 6) is 0.139. The second kappa shape index (κ2) is 8.43. The largest absolute Gasteiger partial charge is 0.352 e. The molecule has 6 atom stereocenters. The first-order valence-electron chi connectivity index (χ1n) is 11.1. The van der Waals surface area contributed by atoms with Crippen molar-refractivity contribution in [1.29, 1.82) is 5.26 Å². The predicted molar refractivity (Wildman–Crippen MR) is 106 cm³/mol. The minimum absolute atomic E-state index is 0.0235. The molecule has 0 radical (unpaired) electrons. The number of nitrogens with one attached hydrogen (secondary N) is 3. The molecular formula is C22H31FN4O2. The number of rotatable bonds is 5. The van der Waals surface area contributed by atoms with E-state index in [1.54, 1.807) is 0 Å². The number of hydrogen-bond donors (Lipinski definition) is 3. The highest BCUT2D eigenvalue weighted by Crippen LogP contribution is 2.48. The van der Waals surface area contributed by atoms with Gasteiger partial charge in [0, 0.05) is 36.2 Å². The van der Waals surface area contributed by atoms with Crippen LogP contribution >= 0.6 is 0 Å². The molecule has 29 heavy (non-hydrogen) atoms. The molecule has 4 rings (SSSR count). The Labute approximate surface area is 171 Å². The standard InChI is InChI=1S/C22H31FN4O2/c1-12(18-6-2-13(10-24)11-25-18)26-20(28)9-17-21(14-3-4-14)16-8-15(23)5-7-19(16)27-22(17)29/h12-16,18-19,25H,2-9,11H2,1H3,(H,26,28)(H,27,29)/t12-,13?,15?,16?,18?,19?/m0/s1. The van der Waals surface area contributed by atoms with Crippen molar-refractivity contribution in [2.24, 2.45) is 17.8 Å². The summed E-state index contributed by atoms with van der Waals surface area (Å²) in [4.78, 5) is 25.5. The molecule has 2 amide bonds. The maximum absolute atomic E-state index is 14.1. The zero-order valence-electron chi connectivity index (χ0n) is 17.0. The normalized spacial score (nSPS) is 35.9. The number of halogens is 1. The first-order valence-corrected chi connectivity index (χ1v) is 11.1. The van der Waals surface area contributed by atoms with E-state index in [1.807, 2.05) is 6.92 Å². The summed E-state index contributed by atoms with van der Waals surface area (Å²) in [6, 6.07) is 2.37. The summed E-state index contributed by atoms with van der Waals surface area (Å²) >= 11 is 0. The fourth-order valence-corrected chi connectivity index (χ4v) is 5.35. The van der Waals surface area contributed by atoms with Gasteiger partial charge in [-0.05, 0) is 57.8 Å². The van der Waals surface area contributed by atoms with Crippen LogP contribution in [0.2, 0.25) is 0 Å². The van der Waals surface area contributed by atoms with Gasteiger partial charge in [-0.15, -0.1) is 0 Å². The van der Waals surface area contributed by atoms with Gasteiger partial charge in [0.05, 0.1) is 18.4 Å². The van der Waals surface area contributed by atoms with Crippen molar-refractivity contribution in [2.75, 3.05) is 6.54 Å². The third kappa shape index (κ3) is 4.48. The molecule has 0 bridgehead atoms. The number of alkyl halides is 1. The van der Waals surface area contributed by atoms with E-state index >= 15 is 0 Å². The average Bonchev–Trinajstić information content (AvgIpc) is 3.54. The first-order chi connectivity index (χ1) is 14.0. The molecule has 4 aliphatic rings. The van der Waals surface area contributed by atoms with Gasteiger partial charge in [0.2, 0.25) is 11.8 Å². The second-order valence-electron chi connectivity index (χ2n) is 9.26. The number of nitriles is 1. The van der Waals surface area contributed by atoms with Crippen LogP contribution in [-0.2, 0) is 9.59 Å². The lowest BCUT2D eigenvalue weighted by Crippen LogP contribution is -2.53. The smallest absolute Gasteiger partial charge is 0.247 e. The number of fused-ring (bicyclic) bond motifs is 1. The molecule has 2 aliphatic carbocycles. The minimum Gasteiger partial charge on any atom is -0.352 e. The molecule has 5 unspecified atom stereocenters. The highest BCUT2D eigenvalue weighted by atomic mass is 19.1. The zero-order valence-corrected chi connectivity index (χ0v) is 17.0. The van der Waals surface area contributed by atoms with Crippen molar-refractivity contribution >= 4 is 11.8 Å². The molecule has 158 valence electrons. The average molecular weight is 403 g/mol. The maximum atomic E-state index is 14.1. The van der Waals surface area contributed by atoms with Crippen molar-refractivity contribution in [2.45, 2.75) is 82.6 Å². The van der Waals surface area contributed by atoms with Gasteiger partial charge in [0.15, 0.2) is 0 Å². The number of hydrogen-bond acceptors (Lipinski definition) is 4. The quantitative estimate of drug-likeness (QED) is 0.657. The van der Waals surface area contributed by atoms with Crippen LogP contribution in [0.3, 0.4) is 0 Å². The van der Waals surface area contributed by atoms with Crippen molar-refractivity contribution in [3.63, 3.8) is 0 Å². The summed E-state index contributed by atoms with van der Waals surface area (Å²) in [6.07, 6.45) is 4.66. The topological polar surface area (TPSA) is 94.0 Å². The van der Waals surface area contributed by atoms with E-state index in [1.165, 1.54) is 0 Å². The van der Waals surface area contributed by atoms with Gasteiger partial charge in [-0.2, -0.15) is 5.26 Å². The SMILES string of the molecule is C[C@H](NC(=O)CC1=C(C2CC2)C2CC(F)CCC2NC1=O)C1CCC(C#N)CN1. The minimum atomic E-state index is -0.815. The predicted octanol–water partition coefficient (Wildman–Crippen LogP) is 2.12. The van der Waals surface area contributed by atoms with E-state index in [2.05, 4.69) is 22.0 Å². The van der Waals surface area contributed by atoms with Crippen LogP contribution in [-0.4, -0.2) is 42.7 Å². The number of nitrogens with zero attached hydrogens (tertiary/aromatic N) is 1. The first kappa shape index (κ1) is 20.3. The van der Waals surface area contributed by atoms with Crippen LogP contribution in [0.1, 0.15) is 58.3 Å². The molecule has 6 nitrogen and oxygen atoms in total. The van der Waals surface area contributed by atoms with E-state index in [-0.39, 0.29) is 48.2 Å². The highest BCUT2D eigenvalue weighted by Gasteiger charge is 2.45. The Kier molecular flexibility index (Phi) is 5.91. The second-order valence-corrected chi connectivity index (χ2v) is 9.26. The monoisotopic (exact) mass is 402 g/mol. The Bertz CT molecular complexity index is 734. The third-order valence-corrected chi connectivity index (χ3v) is 7.11. The fraction of sp³-hybridized carbons (Fsp3) is 0.773. The molecule has 1 saturated heterocycles. The lowest BCUT2D eigenvalue weighted by atomic mass is 9.72. The van der Waals surface area contributed by atoms with Gasteiger partial charge in [-0.25, -0.2) is 4.39 Å². The van der Waals surface area contributed by atoms with Gasteiger partial charge >= 0.3 is 0 Å². The molecule has 3 N–H and O–H groups in total. The Morgan fingerprint density at radius 3 is 2.72 bits per heavy atom. The lowest BCUT2D eigenvalue weighted by Gasteiger charge is -2.40. The lowest BCUT2D eigenvalue weighted by molar-refractivity contribution is -0.125. The molecular weight excluding hydrogens is 371 g/mol. The maximum Gasteiger partial charge on any atom is 0.247 e. The Hall–Kier alpha value is -1.94. The zero-order chi connectivity index (χ0) is 20.5. The van der Waals surface area contributed by atoms with E-state index in [0.717, 1.165) is 31.3 Å². The number of amides is 2. The van der Waals surface area contributed by atoms with Crippen LogP contribution < -0.4 is 16.0 Å². The van der Waals surface area contributed by atoms with E-state index in [9.17, 15) is 14.0 Å². The molecule has 0 aromatic carbocycles. The van der Waals surface area contributed by atoms with E-state index in [0.29, 0.717) is 37.3 Å². The summed E-state index contributed by atoms with van der Waals surface area (Å²) in [7, 11) is 0. The van der Waals surface area contributed by atoms with Gasteiger partial charge in [-0.1, -0.05) is 5.57 Å². The summed E-state index contributed by atoms with van der Waals surface area (Å²) in [6.45, 7) is 2.61. The molecule has 2 aliphatic heterocycles. The van der Waals surface area contributed by atoms with Crippen molar-refractivity contribution < 1.29 is 14.0 Å². The van der Waals surface area contributed by atoms with Gasteiger partial charge in [0.1, 0.15) is 6.17 Å². The third-order valence-electron chi connectivity index (χ3n) is 7.11. The van der Waals surface area contributed by atoms with E-state index in [4.69, 9.17) is 5.26 Å². The van der Waals surface area contributed by atoms with E-state index < -0.39 is 6.17 Å². The Morgan fingerprint density at radius 2 is 2.07 bits per heavy atom.